The van der Waals surface area contributed by atoms with Gasteiger partial charge in [0.15, 0.2) is 17.5 Å². The van der Waals surface area contributed by atoms with Crippen molar-refractivity contribution in [3.63, 3.8) is 0 Å². The van der Waals surface area contributed by atoms with Crippen LogP contribution in [0, 0.1) is 11.6 Å². The second kappa shape index (κ2) is 9.02. The molecule has 0 aliphatic carbocycles. The highest BCUT2D eigenvalue weighted by Gasteiger charge is 2.42. The molecule has 2 aliphatic rings. The van der Waals surface area contributed by atoms with Crippen molar-refractivity contribution in [2.24, 2.45) is 0 Å². The van der Waals surface area contributed by atoms with Crippen LogP contribution in [0.15, 0.2) is 30.5 Å². The Hall–Kier alpha value is -2.79. The average Bonchev–Trinajstić information content (AvgIpc) is 3.14. The Kier molecular flexibility index (Phi) is 6.16. The monoisotopic (exact) mass is 512 g/mol. The second-order valence-corrected chi connectivity index (χ2v) is 9.36. The average molecular weight is 513 g/mol. The summed E-state index contributed by atoms with van der Waals surface area (Å²) in [6.45, 7) is 2.10. The molecule has 1 fully saturated rings. The highest BCUT2D eigenvalue weighted by atomic mass is 35.5. The van der Waals surface area contributed by atoms with Crippen molar-refractivity contribution in [2.45, 2.75) is 51.0 Å². The van der Waals surface area contributed by atoms with Crippen LogP contribution in [-0.2, 0) is 13.1 Å². The van der Waals surface area contributed by atoms with Gasteiger partial charge in [-0.05, 0) is 43.5 Å². The number of nitrogens with zero attached hydrogens (tertiary/aromatic N) is 6. The SMILES string of the molecule is CC(N1Cc2cc(Cl)ccc2-n2c(nnc2C2CCN(c3ncc(F)cc3F)CC2)C1)C(F)(F)F. The van der Waals surface area contributed by atoms with Crippen molar-refractivity contribution in [3.05, 3.63) is 64.3 Å². The lowest BCUT2D eigenvalue weighted by Gasteiger charge is -2.32. The van der Waals surface area contributed by atoms with Crippen LogP contribution in [-0.4, -0.2) is 50.0 Å². The normalized spacial score (nSPS) is 18.2. The quantitative estimate of drug-likeness (QED) is 0.449. The molecule has 2 aromatic heterocycles. The van der Waals surface area contributed by atoms with E-state index in [-0.39, 0.29) is 24.8 Å². The summed E-state index contributed by atoms with van der Waals surface area (Å²) in [5.41, 5.74) is 1.36. The molecule has 12 heteroatoms. The molecule has 0 amide bonds. The molecule has 186 valence electrons. The summed E-state index contributed by atoms with van der Waals surface area (Å²) in [6.07, 6.45) is -2.21. The molecular formula is C23H22ClF5N6. The fraction of sp³-hybridized carbons (Fsp3) is 0.435. The van der Waals surface area contributed by atoms with E-state index in [1.165, 1.54) is 4.90 Å². The van der Waals surface area contributed by atoms with Gasteiger partial charge in [-0.3, -0.25) is 9.47 Å². The van der Waals surface area contributed by atoms with Crippen LogP contribution in [0.2, 0.25) is 5.02 Å². The third-order valence-corrected chi connectivity index (χ3v) is 6.96. The molecule has 6 nitrogen and oxygen atoms in total. The minimum Gasteiger partial charge on any atom is -0.354 e. The number of rotatable bonds is 3. The van der Waals surface area contributed by atoms with E-state index in [0.717, 1.165) is 19.2 Å². The number of pyridine rings is 1. The van der Waals surface area contributed by atoms with E-state index in [0.29, 0.717) is 53.9 Å². The number of hydrogen-bond acceptors (Lipinski definition) is 5. The van der Waals surface area contributed by atoms with Crippen LogP contribution >= 0.6 is 11.6 Å². The predicted octanol–water partition coefficient (Wildman–Crippen LogP) is 5.24. The Labute approximate surface area is 203 Å². The Morgan fingerprint density at radius 1 is 1.06 bits per heavy atom. The van der Waals surface area contributed by atoms with Crippen molar-refractivity contribution in [1.82, 2.24) is 24.6 Å². The first kappa shape index (κ1) is 23.9. The topological polar surface area (TPSA) is 50.1 Å². The van der Waals surface area contributed by atoms with Crippen LogP contribution in [0.3, 0.4) is 0 Å². The number of benzene rings is 1. The molecule has 0 saturated carbocycles. The molecule has 1 aromatic carbocycles. The molecule has 3 aromatic rings. The van der Waals surface area contributed by atoms with E-state index in [9.17, 15) is 22.0 Å². The summed E-state index contributed by atoms with van der Waals surface area (Å²) in [5, 5.41) is 9.09. The van der Waals surface area contributed by atoms with E-state index in [1.807, 2.05) is 4.57 Å². The largest absolute Gasteiger partial charge is 0.403 e. The highest BCUT2D eigenvalue weighted by molar-refractivity contribution is 6.30. The van der Waals surface area contributed by atoms with Gasteiger partial charge in [0, 0.05) is 36.6 Å². The Balaban J connectivity index is 1.45. The van der Waals surface area contributed by atoms with Gasteiger partial charge in [0.25, 0.3) is 0 Å². The molecule has 0 radical (unpaired) electrons. The lowest BCUT2D eigenvalue weighted by molar-refractivity contribution is -0.182. The van der Waals surface area contributed by atoms with E-state index >= 15 is 0 Å². The van der Waals surface area contributed by atoms with Crippen LogP contribution < -0.4 is 4.90 Å². The number of fused-ring (bicyclic) bond motifs is 3. The molecule has 0 spiro atoms. The fourth-order valence-corrected chi connectivity index (χ4v) is 4.98. The number of anilines is 1. The number of halogens is 6. The van der Waals surface area contributed by atoms with Gasteiger partial charge < -0.3 is 4.90 Å². The summed E-state index contributed by atoms with van der Waals surface area (Å²) < 4.78 is 69.9. The third-order valence-electron chi connectivity index (χ3n) is 6.72. The zero-order valence-corrected chi connectivity index (χ0v) is 19.5. The Morgan fingerprint density at radius 2 is 1.80 bits per heavy atom. The van der Waals surface area contributed by atoms with E-state index in [4.69, 9.17) is 11.6 Å². The standard InChI is InChI=1S/C23H22ClF5N6/c1-13(23(27,28)29)34-11-15-8-16(24)2-3-19(15)35-20(12-34)31-32-21(35)14-4-6-33(7-5-14)22-18(26)9-17(25)10-30-22/h2-3,8-10,13-14H,4-7,11-12H2,1H3. The van der Waals surface area contributed by atoms with E-state index in [2.05, 4.69) is 15.2 Å². The minimum absolute atomic E-state index is 0.0243. The maximum Gasteiger partial charge on any atom is 0.403 e. The zero-order valence-electron chi connectivity index (χ0n) is 18.7. The van der Waals surface area contributed by atoms with Crippen molar-refractivity contribution in [3.8, 4) is 5.69 Å². The summed E-state index contributed by atoms with van der Waals surface area (Å²) in [4.78, 5) is 6.96. The summed E-state index contributed by atoms with van der Waals surface area (Å²) in [5.74, 6) is -0.333. The fourth-order valence-electron chi connectivity index (χ4n) is 4.79. The van der Waals surface area contributed by atoms with E-state index < -0.39 is 23.9 Å². The smallest absolute Gasteiger partial charge is 0.354 e. The maximum atomic E-state index is 14.2. The van der Waals surface area contributed by atoms with E-state index in [1.54, 1.807) is 23.1 Å². The summed E-state index contributed by atoms with van der Waals surface area (Å²) in [7, 11) is 0. The Morgan fingerprint density at radius 3 is 2.49 bits per heavy atom. The molecule has 1 unspecified atom stereocenters. The van der Waals surface area contributed by atoms with Crippen molar-refractivity contribution in [2.75, 3.05) is 18.0 Å². The first-order valence-corrected chi connectivity index (χ1v) is 11.6. The summed E-state index contributed by atoms with van der Waals surface area (Å²) >= 11 is 6.19. The molecule has 2 aliphatic heterocycles. The molecule has 5 rings (SSSR count). The number of piperidine rings is 1. The highest BCUT2D eigenvalue weighted by Crippen LogP contribution is 2.36. The molecule has 4 heterocycles. The lowest BCUT2D eigenvalue weighted by Crippen LogP contribution is -2.42. The lowest BCUT2D eigenvalue weighted by atomic mass is 9.95. The zero-order chi connectivity index (χ0) is 24.9. The molecule has 1 atom stereocenters. The second-order valence-electron chi connectivity index (χ2n) is 8.93. The van der Waals surface area contributed by atoms with Crippen molar-refractivity contribution >= 4 is 17.4 Å². The van der Waals surface area contributed by atoms with Gasteiger partial charge in [-0.2, -0.15) is 13.2 Å². The molecule has 0 bridgehead atoms. The number of alkyl halides is 3. The van der Waals surface area contributed by atoms with Gasteiger partial charge in [-0.25, -0.2) is 13.8 Å². The van der Waals surface area contributed by atoms with Crippen LogP contribution in [0.4, 0.5) is 27.8 Å². The van der Waals surface area contributed by atoms with Gasteiger partial charge in [-0.1, -0.05) is 11.6 Å². The van der Waals surface area contributed by atoms with Gasteiger partial charge in [0.05, 0.1) is 18.4 Å². The summed E-state index contributed by atoms with van der Waals surface area (Å²) in [6, 6.07) is 4.29. The van der Waals surface area contributed by atoms with Gasteiger partial charge in [0.2, 0.25) is 0 Å². The van der Waals surface area contributed by atoms with Crippen LogP contribution in [0.1, 0.15) is 42.9 Å². The first-order valence-electron chi connectivity index (χ1n) is 11.2. The van der Waals surface area contributed by atoms with Crippen LogP contribution in [0.5, 0.6) is 0 Å². The molecule has 1 saturated heterocycles. The molecule has 35 heavy (non-hydrogen) atoms. The van der Waals surface area contributed by atoms with Crippen molar-refractivity contribution < 1.29 is 22.0 Å². The third kappa shape index (κ3) is 4.58. The number of hydrogen-bond donors (Lipinski definition) is 0. The predicted molar refractivity (Wildman–Crippen MR) is 119 cm³/mol. The minimum atomic E-state index is -4.40. The van der Waals surface area contributed by atoms with Crippen LogP contribution in [0.25, 0.3) is 5.69 Å². The van der Waals surface area contributed by atoms with Gasteiger partial charge >= 0.3 is 6.18 Å². The maximum absolute atomic E-state index is 14.2. The Bertz CT molecular complexity index is 1240. The number of aromatic nitrogens is 4. The molecule has 0 N–H and O–H groups in total. The van der Waals surface area contributed by atoms with Gasteiger partial charge in [-0.15, -0.1) is 10.2 Å². The molecular weight excluding hydrogens is 491 g/mol. The van der Waals surface area contributed by atoms with Gasteiger partial charge in [0.1, 0.15) is 17.7 Å². The van der Waals surface area contributed by atoms with Crippen molar-refractivity contribution in [1.29, 1.82) is 0 Å². The first-order chi connectivity index (χ1) is 16.6.